The molecule has 0 bridgehead atoms. The van der Waals surface area contributed by atoms with Crippen molar-refractivity contribution in [1.82, 2.24) is 9.97 Å². The van der Waals surface area contributed by atoms with Crippen LogP contribution in [0.15, 0.2) is 42.7 Å². The summed E-state index contributed by atoms with van der Waals surface area (Å²) in [5.74, 6) is 0.125. The monoisotopic (exact) mass is 447 g/mol. The highest BCUT2D eigenvalue weighted by atomic mass is 35.5. The molecule has 1 atom stereocenters. The molecule has 2 heterocycles. The Morgan fingerprint density at radius 1 is 1.23 bits per heavy atom. The molecule has 1 unspecified atom stereocenters. The Hall–Kier alpha value is -2.60. The van der Waals surface area contributed by atoms with E-state index in [1.54, 1.807) is 17.0 Å². The third-order valence-electron chi connectivity index (χ3n) is 5.03. The molecule has 3 aromatic rings. The summed E-state index contributed by atoms with van der Waals surface area (Å²) in [4.78, 5) is 22.7. The number of halogens is 2. The Morgan fingerprint density at radius 2 is 1.90 bits per heavy atom. The molecule has 0 saturated carbocycles. The summed E-state index contributed by atoms with van der Waals surface area (Å²) in [5, 5.41) is 0. The molecule has 168 valence electrons. The van der Waals surface area contributed by atoms with Crippen LogP contribution in [-0.4, -0.2) is 21.7 Å². The Bertz CT molecular complexity index is 1010. The standard InChI is InChI=1S/C24H30FN3O2.ClH/c1-6-16(2)13-18-14-27-20-11-12-26-21(20)22(18)28(23(29)30-24(3,4)5)15-17-7-9-19(25)10-8-17;/h7-12,14,16,26H,6,13,15H2,1-5H3;1H. The Kier molecular flexibility index (Phi) is 8.07. The van der Waals surface area contributed by atoms with E-state index in [0.717, 1.165) is 40.7 Å². The number of rotatable bonds is 6. The molecule has 0 saturated heterocycles. The first-order chi connectivity index (χ1) is 14.2. The maximum atomic E-state index is 13.4. The SMILES string of the molecule is CCC(C)Cc1cnc2cc[nH]c2c1N(Cc1ccc(F)cc1)C(=O)OC(C)(C)C.Cl. The average Bonchev–Trinajstić information content (AvgIpc) is 3.15. The third kappa shape index (κ3) is 6.20. The number of carbonyl (C=O) groups excluding carboxylic acids is 1. The van der Waals surface area contributed by atoms with E-state index in [9.17, 15) is 9.18 Å². The highest BCUT2D eigenvalue weighted by Gasteiger charge is 2.28. The highest BCUT2D eigenvalue weighted by molar-refractivity contribution is 6.00. The fourth-order valence-electron chi connectivity index (χ4n) is 3.33. The maximum absolute atomic E-state index is 13.4. The van der Waals surface area contributed by atoms with E-state index in [1.807, 2.05) is 39.2 Å². The topological polar surface area (TPSA) is 58.2 Å². The lowest BCUT2D eigenvalue weighted by atomic mass is 9.98. The number of H-pyrrole nitrogens is 1. The molecule has 1 N–H and O–H groups in total. The zero-order valence-corrected chi connectivity index (χ0v) is 19.6. The lowest BCUT2D eigenvalue weighted by molar-refractivity contribution is 0.0577. The second-order valence-electron chi connectivity index (χ2n) is 8.78. The molecule has 0 aliphatic rings. The van der Waals surface area contributed by atoms with Crippen molar-refractivity contribution in [3.05, 3.63) is 59.7 Å². The first-order valence-electron chi connectivity index (χ1n) is 10.4. The molecule has 31 heavy (non-hydrogen) atoms. The smallest absolute Gasteiger partial charge is 0.415 e. The molecule has 7 heteroatoms. The second kappa shape index (κ2) is 10.1. The van der Waals surface area contributed by atoms with Crippen molar-refractivity contribution in [2.45, 2.75) is 59.6 Å². The van der Waals surface area contributed by atoms with Gasteiger partial charge in [-0.25, -0.2) is 9.18 Å². The number of aromatic amines is 1. The van der Waals surface area contributed by atoms with E-state index in [2.05, 4.69) is 23.8 Å². The lowest BCUT2D eigenvalue weighted by Gasteiger charge is -2.29. The Morgan fingerprint density at radius 3 is 2.52 bits per heavy atom. The van der Waals surface area contributed by atoms with Gasteiger partial charge >= 0.3 is 6.09 Å². The van der Waals surface area contributed by atoms with Gasteiger partial charge in [0.1, 0.15) is 11.4 Å². The number of carbonyl (C=O) groups is 1. The number of pyridine rings is 1. The minimum Gasteiger partial charge on any atom is -0.443 e. The molecular weight excluding hydrogens is 417 g/mol. The second-order valence-corrected chi connectivity index (χ2v) is 8.78. The normalized spacial score (nSPS) is 12.3. The maximum Gasteiger partial charge on any atom is 0.415 e. The molecule has 0 fully saturated rings. The molecule has 0 spiro atoms. The molecule has 2 aromatic heterocycles. The summed E-state index contributed by atoms with van der Waals surface area (Å²) in [6.07, 6.45) is 5.03. The van der Waals surface area contributed by atoms with Crippen molar-refractivity contribution < 1.29 is 13.9 Å². The third-order valence-corrected chi connectivity index (χ3v) is 5.03. The average molecular weight is 448 g/mol. The van der Waals surface area contributed by atoms with Gasteiger partial charge in [-0.2, -0.15) is 0 Å². The number of nitrogens with zero attached hydrogens (tertiary/aromatic N) is 2. The number of hydrogen-bond acceptors (Lipinski definition) is 3. The van der Waals surface area contributed by atoms with Gasteiger partial charge < -0.3 is 9.72 Å². The van der Waals surface area contributed by atoms with E-state index in [4.69, 9.17) is 4.74 Å². The van der Waals surface area contributed by atoms with Gasteiger partial charge in [-0.15, -0.1) is 12.4 Å². The first kappa shape index (κ1) is 24.7. The van der Waals surface area contributed by atoms with Crippen LogP contribution in [-0.2, 0) is 17.7 Å². The van der Waals surface area contributed by atoms with Crippen molar-refractivity contribution in [3.8, 4) is 0 Å². The van der Waals surface area contributed by atoms with Crippen molar-refractivity contribution in [2.75, 3.05) is 4.90 Å². The van der Waals surface area contributed by atoms with E-state index in [1.165, 1.54) is 12.1 Å². The van der Waals surface area contributed by atoms with Gasteiger partial charge in [0.2, 0.25) is 0 Å². The molecule has 0 aliphatic carbocycles. The summed E-state index contributed by atoms with van der Waals surface area (Å²) in [6, 6.07) is 8.07. The Balaban J connectivity index is 0.00000341. The molecule has 1 amide bonds. The van der Waals surface area contributed by atoms with Crippen LogP contribution >= 0.6 is 12.4 Å². The fraction of sp³-hybridized carbons (Fsp3) is 0.417. The lowest BCUT2D eigenvalue weighted by Crippen LogP contribution is -2.37. The summed E-state index contributed by atoms with van der Waals surface area (Å²) >= 11 is 0. The summed E-state index contributed by atoms with van der Waals surface area (Å²) in [6.45, 7) is 10.1. The number of amides is 1. The van der Waals surface area contributed by atoms with Gasteiger partial charge in [-0.05, 0) is 62.4 Å². The van der Waals surface area contributed by atoms with E-state index < -0.39 is 11.7 Å². The van der Waals surface area contributed by atoms with Crippen molar-refractivity contribution >= 4 is 35.2 Å². The quantitative estimate of drug-likeness (QED) is 0.460. The predicted octanol–water partition coefficient (Wildman–Crippen LogP) is 6.65. The number of anilines is 1. The fourth-order valence-corrected chi connectivity index (χ4v) is 3.33. The van der Waals surface area contributed by atoms with Crippen LogP contribution in [0.1, 0.15) is 52.2 Å². The van der Waals surface area contributed by atoms with Gasteiger partial charge in [0.25, 0.3) is 0 Å². The van der Waals surface area contributed by atoms with Gasteiger partial charge in [-0.1, -0.05) is 32.4 Å². The number of ether oxygens (including phenoxy) is 1. The minimum atomic E-state index is -0.642. The predicted molar refractivity (Wildman–Crippen MR) is 125 cm³/mol. The van der Waals surface area contributed by atoms with Crippen LogP contribution in [0, 0.1) is 11.7 Å². The van der Waals surface area contributed by atoms with Crippen LogP contribution in [0.25, 0.3) is 11.0 Å². The van der Waals surface area contributed by atoms with Crippen LogP contribution < -0.4 is 4.90 Å². The van der Waals surface area contributed by atoms with Crippen LogP contribution in [0.4, 0.5) is 14.9 Å². The van der Waals surface area contributed by atoms with Crippen LogP contribution in [0.2, 0.25) is 0 Å². The van der Waals surface area contributed by atoms with Crippen molar-refractivity contribution in [3.63, 3.8) is 0 Å². The summed E-state index contributed by atoms with van der Waals surface area (Å²) in [5.41, 5.74) is 3.50. The molecule has 0 aliphatic heterocycles. The number of fused-ring (bicyclic) bond motifs is 1. The van der Waals surface area contributed by atoms with Crippen LogP contribution in [0.5, 0.6) is 0 Å². The summed E-state index contributed by atoms with van der Waals surface area (Å²) in [7, 11) is 0. The van der Waals surface area contributed by atoms with Crippen molar-refractivity contribution in [2.24, 2.45) is 5.92 Å². The van der Waals surface area contributed by atoms with Gasteiger partial charge in [0.05, 0.1) is 23.3 Å². The highest BCUT2D eigenvalue weighted by Crippen LogP contribution is 2.33. The molecule has 1 aromatic carbocycles. The number of nitrogens with one attached hydrogen (secondary N) is 1. The van der Waals surface area contributed by atoms with Gasteiger partial charge in [0, 0.05) is 12.4 Å². The molecule has 0 radical (unpaired) electrons. The summed E-state index contributed by atoms with van der Waals surface area (Å²) < 4.78 is 19.2. The molecule has 3 rings (SSSR count). The van der Waals surface area contributed by atoms with E-state index in [-0.39, 0.29) is 24.8 Å². The number of hydrogen-bond donors (Lipinski definition) is 1. The zero-order chi connectivity index (χ0) is 21.9. The van der Waals surface area contributed by atoms with Gasteiger partial charge in [-0.3, -0.25) is 9.88 Å². The van der Waals surface area contributed by atoms with Gasteiger partial charge in [0.15, 0.2) is 0 Å². The van der Waals surface area contributed by atoms with E-state index in [0.29, 0.717) is 5.92 Å². The zero-order valence-electron chi connectivity index (χ0n) is 18.7. The van der Waals surface area contributed by atoms with Crippen LogP contribution in [0.3, 0.4) is 0 Å². The minimum absolute atomic E-state index is 0. The molecular formula is C24H31ClFN3O2. The molecule has 5 nitrogen and oxygen atoms in total. The van der Waals surface area contributed by atoms with E-state index >= 15 is 0 Å². The number of aromatic nitrogens is 2. The first-order valence-corrected chi connectivity index (χ1v) is 10.4. The largest absolute Gasteiger partial charge is 0.443 e. The Labute approximate surface area is 189 Å². The van der Waals surface area contributed by atoms with Crippen molar-refractivity contribution in [1.29, 1.82) is 0 Å². The number of benzene rings is 1.